The van der Waals surface area contributed by atoms with E-state index in [-0.39, 0.29) is 11.3 Å². The molecule has 0 fully saturated rings. The summed E-state index contributed by atoms with van der Waals surface area (Å²) in [7, 11) is 1.31. The molecule has 0 bridgehead atoms. The minimum absolute atomic E-state index is 0.214. The summed E-state index contributed by atoms with van der Waals surface area (Å²) < 4.78 is 10.3. The summed E-state index contributed by atoms with van der Waals surface area (Å²) >= 11 is 12.2. The van der Waals surface area contributed by atoms with E-state index in [1.165, 1.54) is 7.11 Å². The van der Waals surface area contributed by atoms with Gasteiger partial charge in [-0.2, -0.15) is 0 Å². The molecule has 25 heavy (non-hydrogen) atoms. The maximum absolute atomic E-state index is 12.2. The van der Waals surface area contributed by atoms with Crippen molar-refractivity contribution in [2.45, 2.75) is 13.8 Å². The molecule has 0 aliphatic heterocycles. The van der Waals surface area contributed by atoms with Crippen LogP contribution in [0.5, 0.6) is 0 Å². The fourth-order valence-corrected chi connectivity index (χ4v) is 2.93. The van der Waals surface area contributed by atoms with Crippen molar-refractivity contribution in [3.8, 4) is 11.3 Å². The number of halogens is 2. The number of likely N-dealkylation sites (N-methyl/N-ethyl adjacent to an activating group) is 1. The molecule has 0 spiro atoms. The van der Waals surface area contributed by atoms with Gasteiger partial charge in [-0.3, -0.25) is 0 Å². The highest BCUT2D eigenvalue weighted by molar-refractivity contribution is 6.36. The number of methoxy groups -OCH3 is 1. The number of aromatic nitrogens is 1. The standard InChI is InChI=1S/C17H21Cl2N3O3/c1-4-22(5-2)9-8-20-16-14(17(23)24-3)15(25-21-16)12-7-6-11(18)10-13(12)19/h6-7,10H,4-5,8-9H2,1-3H3,(H,20,21). The van der Waals surface area contributed by atoms with Crippen molar-refractivity contribution < 1.29 is 14.1 Å². The van der Waals surface area contributed by atoms with E-state index in [0.717, 1.165) is 19.6 Å². The molecule has 1 heterocycles. The average molecular weight is 386 g/mol. The van der Waals surface area contributed by atoms with E-state index in [2.05, 4.69) is 29.2 Å². The smallest absolute Gasteiger partial charge is 0.345 e. The lowest BCUT2D eigenvalue weighted by Crippen LogP contribution is -2.29. The SMILES string of the molecule is CCN(CC)CCNc1noc(-c2ccc(Cl)cc2Cl)c1C(=O)OC. The van der Waals surface area contributed by atoms with Gasteiger partial charge in [-0.1, -0.05) is 42.2 Å². The van der Waals surface area contributed by atoms with Gasteiger partial charge in [0.15, 0.2) is 17.1 Å². The second-order valence-corrected chi connectivity index (χ2v) is 6.15. The van der Waals surface area contributed by atoms with Gasteiger partial charge in [-0.25, -0.2) is 4.79 Å². The monoisotopic (exact) mass is 385 g/mol. The van der Waals surface area contributed by atoms with Crippen molar-refractivity contribution in [1.82, 2.24) is 10.1 Å². The molecular weight excluding hydrogens is 365 g/mol. The van der Waals surface area contributed by atoms with Crippen molar-refractivity contribution in [1.29, 1.82) is 0 Å². The van der Waals surface area contributed by atoms with Crippen LogP contribution in [0, 0.1) is 0 Å². The predicted octanol–water partition coefficient (Wildman–Crippen LogP) is 4.19. The van der Waals surface area contributed by atoms with E-state index in [1.54, 1.807) is 18.2 Å². The van der Waals surface area contributed by atoms with Gasteiger partial charge in [0, 0.05) is 23.7 Å². The van der Waals surface area contributed by atoms with Crippen LogP contribution in [0.1, 0.15) is 24.2 Å². The molecule has 1 aromatic heterocycles. The molecule has 2 rings (SSSR count). The third kappa shape index (κ3) is 4.66. The maximum Gasteiger partial charge on any atom is 0.345 e. The molecule has 0 unspecified atom stereocenters. The zero-order valence-electron chi connectivity index (χ0n) is 14.4. The van der Waals surface area contributed by atoms with Crippen LogP contribution in [0.4, 0.5) is 5.82 Å². The fourth-order valence-electron chi connectivity index (χ4n) is 2.43. The number of benzene rings is 1. The third-order valence-corrected chi connectivity index (χ3v) is 4.42. The van der Waals surface area contributed by atoms with Crippen molar-refractivity contribution in [3.63, 3.8) is 0 Å². The summed E-state index contributed by atoms with van der Waals surface area (Å²) in [5.74, 6) is 0.0338. The molecular formula is C17H21Cl2N3O3. The minimum Gasteiger partial charge on any atom is -0.465 e. The molecule has 0 aliphatic carbocycles. The number of nitrogens with one attached hydrogen (secondary N) is 1. The number of esters is 1. The van der Waals surface area contributed by atoms with Crippen LogP contribution >= 0.6 is 23.2 Å². The molecule has 8 heteroatoms. The van der Waals surface area contributed by atoms with Crippen molar-refractivity contribution in [3.05, 3.63) is 33.8 Å². The number of hydrogen-bond donors (Lipinski definition) is 1. The number of ether oxygens (including phenoxy) is 1. The summed E-state index contributed by atoms with van der Waals surface area (Å²) in [4.78, 5) is 14.5. The van der Waals surface area contributed by atoms with Crippen LogP contribution < -0.4 is 5.32 Å². The Balaban J connectivity index is 2.30. The predicted molar refractivity (Wildman–Crippen MR) is 99.6 cm³/mol. The first-order valence-corrected chi connectivity index (χ1v) is 8.77. The second kappa shape index (κ2) is 9.08. The van der Waals surface area contributed by atoms with E-state index in [1.807, 2.05) is 0 Å². The lowest BCUT2D eigenvalue weighted by Gasteiger charge is -2.17. The van der Waals surface area contributed by atoms with Gasteiger partial charge in [-0.05, 0) is 31.3 Å². The number of nitrogens with zero attached hydrogens (tertiary/aromatic N) is 2. The number of carbonyl (C=O) groups excluding carboxylic acids is 1. The summed E-state index contributed by atoms with van der Waals surface area (Å²) in [5, 5.41) is 7.96. The van der Waals surface area contributed by atoms with E-state index < -0.39 is 5.97 Å². The molecule has 1 N–H and O–H groups in total. The molecule has 0 aliphatic rings. The number of hydrogen-bond acceptors (Lipinski definition) is 6. The van der Waals surface area contributed by atoms with E-state index in [9.17, 15) is 4.79 Å². The second-order valence-electron chi connectivity index (χ2n) is 5.30. The first-order valence-electron chi connectivity index (χ1n) is 8.01. The molecule has 0 saturated carbocycles. The van der Waals surface area contributed by atoms with Crippen molar-refractivity contribution in [2.75, 3.05) is 38.6 Å². The number of anilines is 1. The third-order valence-electron chi connectivity index (χ3n) is 3.87. The largest absolute Gasteiger partial charge is 0.465 e. The minimum atomic E-state index is -0.549. The lowest BCUT2D eigenvalue weighted by atomic mass is 10.1. The molecule has 6 nitrogen and oxygen atoms in total. The summed E-state index contributed by atoms with van der Waals surface area (Å²) in [5.41, 5.74) is 0.738. The fraction of sp³-hybridized carbons (Fsp3) is 0.412. The average Bonchev–Trinajstić information content (AvgIpc) is 3.01. The van der Waals surface area contributed by atoms with Gasteiger partial charge < -0.3 is 19.5 Å². The molecule has 0 radical (unpaired) electrons. The molecule has 0 atom stereocenters. The Morgan fingerprint density at radius 3 is 2.64 bits per heavy atom. The molecule has 0 saturated heterocycles. The zero-order chi connectivity index (χ0) is 18.4. The summed E-state index contributed by atoms with van der Waals surface area (Å²) in [6.07, 6.45) is 0. The Bertz CT molecular complexity index is 730. The zero-order valence-corrected chi connectivity index (χ0v) is 15.9. The Morgan fingerprint density at radius 1 is 1.32 bits per heavy atom. The van der Waals surface area contributed by atoms with Crippen LogP contribution in [0.25, 0.3) is 11.3 Å². The Kier molecular flexibility index (Phi) is 7.11. The quantitative estimate of drug-likeness (QED) is 0.687. The van der Waals surface area contributed by atoms with Crippen molar-refractivity contribution in [2.24, 2.45) is 0 Å². The lowest BCUT2D eigenvalue weighted by molar-refractivity contribution is 0.0602. The molecule has 2 aromatic rings. The van der Waals surface area contributed by atoms with Gasteiger partial charge in [0.05, 0.1) is 12.1 Å². The van der Waals surface area contributed by atoms with E-state index in [0.29, 0.717) is 28.0 Å². The summed E-state index contributed by atoms with van der Waals surface area (Å²) in [6.45, 7) is 7.53. The van der Waals surface area contributed by atoms with Crippen LogP contribution in [-0.2, 0) is 4.74 Å². The Morgan fingerprint density at radius 2 is 2.04 bits per heavy atom. The number of rotatable bonds is 8. The van der Waals surface area contributed by atoms with Gasteiger partial charge in [-0.15, -0.1) is 0 Å². The van der Waals surface area contributed by atoms with Gasteiger partial charge in [0.2, 0.25) is 0 Å². The Labute approximate surface area is 157 Å². The summed E-state index contributed by atoms with van der Waals surface area (Å²) in [6, 6.07) is 4.92. The van der Waals surface area contributed by atoms with Crippen LogP contribution in [0.2, 0.25) is 10.0 Å². The molecule has 136 valence electrons. The maximum atomic E-state index is 12.2. The van der Waals surface area contributed by atoms with Crippen LogP contribution in [0.3, 0.4) is 0 Å². The van der Waals surface area contributed by atoms with Gasteiger partial charge >= 0.3 is 5.97 Å². The highest BCUT2D eigenvalue weighted by Gasteiger charge is 2.26. The van der Waals surface area contributed by atoms with Crippen LogP contribution in [-0.4, -0.2) is 49.3 Å². The molecule has 0 amide bonds. The normalized spacial score (nSPS) is 11.0. The molecule has 1 aromatic carbocycles. The number of carbonyl (C=O) groups is 1. The van der Waals surface area contributed by atoms with Gasteiger partial charge in [0.25, 0.3) is 0 Å². The van der Waals surface area contributed by atoms with Crippen molar-refractivity contribution >= 4 is 35.0 Å². The highest BCUT2D eigenvalue weighted by Crippen LogP contribution is 2.35. The van der Waals surface area contributed by atoms with E-state index in [4.69, 9.17) is 32.5 Å². The Hall–Kier alpha value is -1.76. The first-order chi connectivity index (χ1) is 12.0. The van der Waals surface area contributed by atoms with E-state index >= 15 is 0 Å². The topological polar surface area (TPSA) is 67.6 Å². The van der Waals surface area contributed by atoms with Crippen LogP contribution in [0.15, 0.2) is 22.7 Å². The first kappa shape index (κ1) is 19.6. The highest BCUT2D eigenvalue weighted by atomic mass is 35.5. The van der Waals surface area contributed by atoms with Gasteiger partial charge in [0.1, 0.15) is 0 Å².